The minimum atomic E-state index is 0.538. The molecule has 0 aromatic carbocycles. The Kier molecular flexibility index (Phi) is 4.67. The average Bonchev–Trinajstić information content (AvgIpc) is 2.38. The molecular weight excluding hydrogens is 216 g/mol. The molecule has 0 amide bonds. The summed E-state index contributed by atoms with van der Waals surface area (Å²) < 4.78 is 0. The maximum absolute atomic E-state index is 5.52. The Labute approximate surface area is 102 Å². The van der Waals surface area contributed by atoms with E-state index >= 15 is 0 Å². The third-order valence-corrected chi connectivity index (χ3v) is 4.58. The number of nitrogens with zero attached hydrogens (tertiary/aromatic N) is 1. The summed E-state index contributed by atoms with van der Waals surface area (Å²) >= 11 is 2.09. The van der Waals surface area contributed by atoms with Crippen molar-refractivity contribution >= 4 is 11.8 Å². The first kappa shape index (κ1) is 11.9. The van der Waals surface area contributed by atoms with Crippen LogP contribution in [0, 0.1) is 0 Å². The van der Waals surface area contributed by atoms with Crippen LogP contribution in [0.2, 0.25) is 0 Å². The molecule has 88 valence electrons. The van der Waals surface area contributed by atoms with Crippen molar-refractivity contribution in [3.8, 4) is 0 Å². The molecule has 0 saturated heterocycles. The largest absolute Gasteiger partial charge is 0.325 e. The highest BCUT2D eigenvalue weighted by Gasteiger charge is 2.13. The van der Waals surface area contributed by atoms with Gasteiger partial charge in [-0.2, -0.15) is 11.8 Å². The molecule has 1 saturated carbocycles. The van der Waals surface area contributed by atoms with Crippen LogP contribution < -0.4 is 5.73 Å². The van der Waals surface area contributed by atoms with Gasteiger partial charge >= 0.3 is 0 Å². The van der Waals surface area contributed by atoms with Crippen LogP contribution in [0.1, 0.15) is 43.4 Å². The summed E-state index contributed by atoms with van der Waals surface area (Å²) in [4.78, 5) is 4.32. The third-order valence-electron chi connectivity index (χ3n) is 3.13. The molecule has 1 aliphatic rings. The van der Waals surface area contributed by atoms with Crippen LogP contribution in [-0.2, 0) is 12.3 Å². The van der Waals surface area contributed by atoms with Gasteiger partial charge in [-0.3, -0.25) is 4.98 Å². The molecule has 2 nitrogen and oxygen atoms in total. The molecule has 1 aromatic rings. The molecule has 1 aromatic heterocycles. The zero-order chi connectivity index (χ0) is 11.2. The Bertz CT molecular complexity index is 304. The smallest absolute Gasteiger partial charge is 0.0539 e. The number of rotatable bonds is 4. The van der Waals surface area contributed by atoms with Gasteiger partial charge < -0.3 is 5.73 Å². The Morgan fingerprint density at radius 3 is 2.69 bits per heavy atom. The summed E-state index contributed by atoms with van der Waals surface area (Å²) in [5.74, 6) is 1.10. The lowest BCUT2D eigenvalue weighted by Crippen LogP contribution is -2.08. The molecule has 0 radical (unpaired) electrons. The Morgan fingerprint density at radius 2 is 2.06 bits per heavy atom. The Hall–Kier alpha value is -0.540. The first-order chi connectivity index (χ1) is 7.88. The van der Waals surface area contributed by atoms with Gasteiger partial charge in [0, 0.05) is 23.7 Å². The minimum Gasteiger partial charge on any atom is -0.325 e. The van der Waals surface area contributed by atoms with Crippen LogP contribution in [0.25, 0.3) is 0 Å². The van der Waals surface area contributed by atoms with Gasteiger partial charge in [0.1, 0.15) is 0 Å². The lowest BCUT2D eigenvalue weighted by atomic mass is 10.0. The quantitative estimate of drug-likeness (QED) is 0.873. The molecular formula is C13H20N2S. The fraction of sp³-hybridized carbons (Fsp3) is 0.615. The maximum atomic E-state index is 5.52. The first-order valence-corrected chi connectivity index (χ1v) is 7.19. The van der Waals surface area contributed by atoms with Crippen LogP contribution in [-0.4, -0.2) is 10.2 Å². The second-order valence-corrected chi connectivity index (χ2v) is 5.72. The number of aromatic nitrogens is 1. The lowest BCUT2D eigenvalue weighted by Gasteiger charge is -2.20. The molecule has 1 heterocycles. The van der Waals surface area contributed by atoms with Gasteiger partial charge in [-0.05, 0) is 24.5 Å². The number of nitrogens with two attached hydrogens (primary N) is 1. The van der Waals surface area contributed by atoms with E-state index in [-0.39, 0.29) is 0 Å². The SMILES string of the molecule is NCc1ccc(CSC2CCCCC2)cn1. The maximum Gasteiger partial charge on any atom is 0.0539 e. The van der Waals surface area contributed by atoms with E-state index < -0.39 is 0 Å². The van der Waals surface area contributed by atoms with Crippen molar-refractivity contribution in [1.82, 2.24) is 4.98 Å². The van der Waals surface area contributed by atoms with E-state index in [0.29, 0.717) is 6.54 Å². The van der Waals surface area contributed by atoms with E-state index in [4.69, 9.17) is 5.73 Å². The standard InChI is InChI=1S/C13H20N2S/c14-8-12-7-6-11(9-15-12)10-16-13-4-2-1-3-5-13/h6-7,9,13H,1-5,8,10,14H2. The van der Waals surface area contributed by atoms with Crippen molar-refractivity contribution in [2.24, 2.45) is 5.73 Å². The van der Waals surface area contributed by atoms with Gasteiger partial charge in [-0.15, -0.1) is 0 Å². The van der Waals surface area contributed by atoms with Crippen molar-refractivity contribution < 1.29 is 0 Å². The van der Waals surface area contributed by atoms with E-state index in [2.05, 4.69) is 22.8 Å². The highest BCUT2D eigenvalue weighted by molar-refractivity contribution is 7.99. The van der Waals surface area contributed by atoms with Gasteiger partial charge in [-0.25, -0.2) is 0 Å². The van der Waals surface area contributed by atoms with Crippen molar-refractivity contribution in [1.29, 1.82) is 0 Å². The van der Waals surface area contributed by atoms with Crippen LogP contribution in [0.15, 0.2) is 18.3 Å². The van der Waals surface area contributed by atoms with E-state index in [1.807, 2.05) is 12.3 Å². The second kappa shape index (κ2) is 6.26. The van der Waals surface area contributed by atoms with Crippen LogP contribution in [0.3, 0.4) is 0 Å². The van der Waals surface area contributed by atoms with Crippen molar-refractivity contribution in [2.45, 2.75) is 49.7 Å². The molecule has 0 spiro atoms. The number of hydrogen-bond acceptors (Lipinski definition) is 3. The molecule has 0 bridgehead atoms. The van der Waals surface area contributed by atoms with Gasteiger partial charge in [0.2, 0.25) is 0 Å². The first-order valence-electron chi connectivity index (χ1n) is 6.14. The molecule has 0 aliphatic heterocycles. The highest BCUT2D eigenvalue weighted by Crippen LogP contribution is 2.30. The molecule has 0 unspecified atom stereocenters. The van der Waals surface area contributed by atoms with Gasteiger partial charge in [0.15, 0.2) is 0 Å². The Morgan fingerprint density at radius 1 is 1.25 bits per heavy atom. The summed E-state index contributed by atoms with van der Waals surface area (Å²) in [6.45, 7) is 0.538. The minimum absolute atomic E-state index is 0.538. The van der Waals surface area contributed by atoms with Crippen LogP contribution in [0.5, 0.6) is 0 Å². The Balaban J connectivity index is 1.79. The van der Waals surface area contributed by atoms with E-state index in [1.54, 1.807) is 0 Å². The number of hydrogen-bond donors (Lipinski definition) is 1. The third kappa shape index (κ3) is 3.49. The van der Waals surface area contributed by atoms with E-state index in [1.165, 1.54) is 37.7 Å². The van der Waals surface area contributed by atoms with E-state index in [9.17, 15) is 0 Å². The molecule has 1 aliphatic carbocycles. The normalized spacial score (nSPS) is 17.6. The lowest BCUT2D eigenvalue weighted by molar-refractivity contribution is 0.516. The van der Waals surface area contributed by atoms with Crippen molar-refractivity contribution in [3.63, 3.8) is 0 Å². The van der Waals surface area contributed by atoms with Gasteiger partial charge in [-0.1, -0.05) is 25.3 Å². The van der Waals surface area contributed by atoms with Gasteiger partial charge in [0.25, 0.3) is 0 Å². The number of pyridine rings is 1. The molecule has 16 heavy (non-hydrogen) atoms. The summed E-state index contributed by atoms with van der Waals surface area (Å²) in [6, 6.07) is 4.20. The monoisotopic (exact) mass is 236 g/mol. The predicted octanol–water partition coefficient (Wildman–Crippen LogP) is 3.11. The zero-order valence-electron chi connectivity index (χ0n) is 9.69. The fourth-order valence-corrected chi connectivity index (χ4v) is 3.37. The van der Waals surface area contributed by atoms with Crippen LogP contribution >= 0.6 is 11.8 Å². The predicted molar refractivity (Wildman–Crippen MR) is 70.3 cm³/mol. The van der Waals surface area contributed by atoms with Crippen molar-refractivity contribution in [3.05, 3.63) is 29.6 Å². The molecule has 2 N–H and O–H groups in total. The second-order valence-electron chi connectivity index (χ2n) is 4.43. The molecule has 2 rings (SSSR count). The average molecular weight is 236 g/mol. The molecule has 1 fully saturated rings. The molecule has 0 atom stereocenters. The summed E-state index contributed by atoms with van der Waals surface area (Å²) in [7, 11) is 0. The van der Waals surface area contributed by atoms with E-state index in [0.717, 1.165) is 16.7 Å². The molecule has 3 heteroatoms. The summed E-state index contributed by atoms with van der Waals surface area (Å²) in [5.41, 5.74) is 7.83. The number of thioether (sulfide) groups is 1. The zero-order valence-corrected chi connectivity index (χ0v) is 10.5. The van der Waals surface area contributed by atoms with Crippen molar-refractivity contribution in [2.75, 3.05) is 0 Å². The highest BCUT2D eigenvalue weighted by atomic mass is 32.2. The summed E-state index contributed by atoms with van der Waals surface area (Å²) in [6.07, 6.45) is 9.05. The van der Waals surface area contributed by atoms with Gasteiger partial charge in [0.05, 0.1) is 5.69 Å². The fourth-order valence-electron chi connectivity index (χ4n) is 2.11. The summed E-state index contributed by atoms with van der Waals surface area (Å²) in [5, 5.41) is 0.878. The van der Waals surface area contributed by atoms with Crippen LogP contribution in [0.4, 0.5) is 0 Å². The topological polar surface area (TPSA) is 38.9 Å².